The molecule has 2 fully saturated rings. The maximum atomic E-state index is 12.6. The highest BCUT2D eigenvalue weighted by Crippen LogP contribution is 2.20. The fraction of sp³-hybridized carbons (Fsp3) is 0.381. The largest absolute Gasteiger partial charge is 0.368 e. The van der Waals surface area contributed by atoms with Crippen molar-refractivity contribution >= 4 is 29.0 Å². The van der Waals surface area contributed by atoms with Crippen molar-refractivity contribution in [1.82, 2.24) is 4.98 Å². The molecule has 7 heteroatoms. The molecule has 2 aromatic rings. The van der Waals surface area contributed by atoms with Crippen LogP contribution in [0.3, 0.4) is 0 Å². The highest BCUT2D eigenvalue weighted by Gasteiger charge is 2.23. The van der Waals surface area contributed by atoms with Gasteiger partial charge in [-0.25, -0.2) is 4.98 Å². The average Bonchev–Trinajstić information content (AvgIpc) is 3.43. The zero-order chi connectivity index (χ0) is 19.3. The number of rotatable bonds is 5. The minimum absolute atomic E-state index is 0.170. The summed E-state index contributed by atoms with van der Waals surface area (Å²) in [6.45, 7) is 2.68. The quantitative estimate of drug-likeness (QED) is 0.833. The normalized spacial score (nSPS) is 18.9. The van der Waals surface area contributed by atoms with E-state index in [1.165, 1.54) is 12.8 Å². The van der Waals surface area contributed by atoms with Crippen molar-refractivity contribution < 1.29 is 14.3 Å². The van der Waals surface area contributed by atoms with Gasteiger partial charge in [-0.2, -0.15) is 0 Å². The minimum Gasteiger partial charge on any atom is -0.368 e. The first kappa shape index (κ1) is 18.4. The molecule has 0 spiro atoms. The number of amides is 2. The molecule has 1 aromatic heterocycles. The number of carbonyl (C=O) groups excluding carboxylic acids is 2. The lowest BCUT2D eigenvalue weighted by Gasteiger charge is -2.16. The Morgan fingerprint density at radius 3 is 2.61 bits per heavy atom. The molecule has 3 heterocycles. The van der Waals surface area contributed by atoms with Crippen molar-refractivity contribution in [2.24, 2.45) is 0 Å². The Balaban J connectivity index is 1.38. The predicted octanol–water partition coefficient (Wildman–Crippen LogP) is 3.05. The Morgan fingerprint density at radius 2 is 1.89 bits per heavy atom. The summed E-state index contributed by atoms with van der Waals surface area (Å²) >= 11 is 0. The van der Waals surface area contributed by atoms with Gasteiger partial charge in [-0.1, -0.05) is 6.07 Å². The van der Waals surface area contributed by atoms with E-state index in [0.29, 0.717) is 23.5 Å². The van der Waals surface area contributed by atoms with Gasteiger partial charge in [0.1, 0.15) is 11.9 Å². The van der Waals surface area contributed by atoms with Crippen LogP contribution < -0.4 is 15.5 Å². The van der Waals surface area contributed by atoms with E-state index in [4.69, 9.17) is 4.74 Å². The van der Waals surface area contributed by atoms with Gasteiger partial charge in [-0.3, -0.25) is 9.59 Å². The molecule has 2 N–H and O–H groups in total. The number of nitrogens with one attached hydrogen (secondary N) is 2. The molecule has 2 amide bonds. The van der Waals surface area contributed by atoms with Gasteiger partial charge in [0, 0.05) is 30.9 Å². The van der Waals surface area contributed by atoms with E-state index in [0.717, 1.165) is 31.7 Å². The van der Waals surface area contributed by atoms with Crippen molar-refractivity contribution in [3.63, 3.8) is 0 Å². The summed E-state index contributed by atoms with van der Waals surface area (Å²) < 4.78 is 5.39. The van der Waals surface area contributed by atoms with Crippen molar-refractivity contribution in [3.05, 3.63) is 48.2 Å². The Bertz CT molecular complexity index is 841. The lowest BCUT2D eigenvalue weighted by molar-refractivity contribution is -0.124. The van der Waals surface area contributed by atoms with Crippen LogP contribution in [-0.4, -0.2) is 42.6 Å². The molecule has 1 atom stereocenters. The van der Waals surface area contributed by atoms with Gasteiger partial charge < -0.3 is 20.3 Å². The van der Waals surface area contributed by atoms with E-state index in [1.54, 1.807) is 30.5 Å². The van der Waals surface area contributed by atoms with E-state index >= 15 is 0 Å². The highest BCUT2D eigenvalue weighted by molar-refractivity contribution is 6.05. The minimum atomic E-state index is -0.405. The number of pyridine rings is 1. The lowest BCUT2D eigenvalue weighted by atomic mass is 10.1. The number of hydrogen-bond acceptors (Lipinski definition) is 5. The van der Waals surface area contributed by atoms with Crippen LogP contribution in [0.2, 0.25) is 0 Å². The van der Waals surface area contributed by atoms with Crippen LogP contribution in [0.4, 0.5) is 17.2 Å². The fourth-order valence-electron chi connectivity index (χ4n) is 3.54. The van der Waals surface area contributed by atoms with Gasteiger partial charge >= 0.3 is 0 Å². The Hall–Kier alpha value is -2.93. The van der Waals surface area contributed by atoms with E-state index in [1.807, 2.05) is 12.1 Å². The molecule has 1 aromatic carbocycles. The van der Waals surface area contributed by atoms with E-state index in [2.05, 4.69) is 20.5 Å². The summed E-state index contributed by atoms with van der Waals surface area (Å²) in [6.07, 6.45) is 5.28. The number of nitrogens with zero attached hydrogens (tertiary/aromatic N) is 2. The van der Waals surface area contributed by atoms with Gasteiger partial charge in [-0.05, 0) is 56.0 Å². The maximum absolute atomic E-state index is 12.6. The van der Waals surface area contributed by atoms with E-state index in [9.17, 15) is 9.59 Å². The van der Waals surface area contributed by atoms with Crippen LogP contribution in [0.15, 0.2) is 42.6 Å². The lowest BCUT2D eigenvalue weighted by Crippen LogP contribution is -2.27. The molecule has 146 valence electrons. The third-order valence-electron chi connectivity index (χ3n) is 5.05. The van der Waals surface area contributed by atoms with Gasteiger partial charge in [-0.15, -0.1) is 0 Å². The molecule has 2 aliphatic rings. The van der Waals surface area contributed by atoms with Crippen LogP contribution in [0.1, 0.15) is 36.0 Å². The van der Waals surface area contributed by atoms with Crippen LogP contribution in [0, 0.1) is 0 Å². The molecule has 0 saturated carbocycles. The fourth-order valence-corrected chi connectivity index (χ4v) is 3.54. The second-order valence-corrected chi connectivity index (χ2v) is 7.13. The van der Waals surface area contributed by atoms with Gasteiger partial charge in [0.05, 0.1) is 11.9 Å². The van der Waals surface area contributed by atoms with Crippen molar-refractivity contribution in [2.45, 2.75) is 31.8 Å². The molecule has 2 aliphatic heterocycles. The van der Waals surface area contributed by atoms with Crippen molar-refractivity contribution in [1.29, 1.82) is 0 Å². The molecular weight excluding hydrogens is 356 g/mol. The molecule has 0 radical (unpaired) electrons. The van der Waals surface area contributed by atoms with Gasteiger partial charge in [0.2, 0.25) is 0 Å². The third kappa shape index (κ3) is 4.31. The number of anilines is 3. The molecule has 4 rings (SSSR count). The number of hydrogen-bond donors (Lipinski definition) is 2. The monoisotopic (exact) mass is 380 g/mol. The summed E-state index contributed by atoms with van der Waals surface area (Å²) in [5.74, 6) is 0.523. The molecule has 7 nitrogen and oxygen atoms in total. The van der Waals surface area contributed by atoms with Crippen LogP contribution in [-0.2, 0) is 9.53 Å². The maximum Gasteiger partial charge on any atom is 0.255 e. The number of carbonyl (C=O) groups is 2. The van der Waals surface area contributed by atoms with Crippen LogP contribution in [0.25, 0.3) is 0 Å². The summed E-state index contributed by atoms with van der Waals surface area (Å²) in [5.41, 5.74) is 1.69. The Kier molecular flexibility index (Phi) is 5.53. The van der Waals surface area contributed by atoms with Crippen LogP contribution >= 0.6 is 0 Å². The smallest absolute Gasteiger partial charge is 0.255 e. The number of ether oxygens (including phenoxy) is 1. The Labute approximate surface area is 164 Å². The van der Waals surface area contributed by atoms with Gasteiger partial charge in [0.15, 0.2) is 0 Å². The highest BCUT2D eigenvalue weighted by atomic mass is 16.5. The predicted molar refractivity (Wildman–Crippen MR) is 108 cm³/mol. The topological polar surface area (TPSA) is 83.6 Å². The van der Waals surface area contributed by atoms with Crippen molar-refractivity contribution in [3.8, 4) is 0 Å². The van der Waals surface area contributed by atoms with Gasteiger partial charge in [0.25, 0.3) is 11.8 Å². The molecule has 0 unspecified atom stereocenters. The number of aromatic nitrogens is 1. The second kappa shape index (κ2) is 8.39. The average molecular weight is 380 g/mol. The molecular formula is C21H24N4O3. The van der Waals surface area contributed by atoms with E-state index in [-0.39, 0.29) is 11.8 Å². The molecule has 28 heavy (non-hydrogen) atoms. The number of benzene rings is 1. The molecule has 0 aliphatic carbocycles. The summed E-state index contributed by atoms with van der Waals surface area (Å²) in [4.78, 5) is 31.4. The van der Waals surface area contributed by atoms with Crippen molar-refractivity contribution in [2.75, 3.05) is 35.2 Å². The van der Waals surface area contributed by atoms with E-state index < -0.39 is 6.10 Å². The summed E-state index contributed by atoms with van der Waals surface area (Å²) in [7, 11) is 0. The third-order valence-corrected chi connectivity index (χ3v) is 5.05. The second-order valence-electron chi connectivity index (χ2n) is 7.13. The zero-order valence-electron chi connectivity index (χ0n) is 15.7. The molecule has 2 saturated heterocycles. The first-order valence-electron chi connectivity index (χ1n) is 9.74. The summed E-state index contributed by atoms with van der Waals surface area (Å²) in [5, 5.41) is 5.67. The Morgan fingerprint density at radius 1 is 1.04 bits per heavy atom. The first-order chi connectivity index (χ1) is 13.7. The summed E-state index contributed by atoms with van der Waals surface area (Å²) in [6, 6.07) is 10.7. The first-order valence-corrected chi connectivity index (χ1v) is 9.74. The molecule has 0 bridgehead atoms. The SMILES string of the molecule is O=C(Nc1ccc(N2CCCC2)nc1)c1cccc(NC(=O)[C@@H]2CCCO2)c1. The zero-order valence-corrected chi connectivity index (χ0v) is 15.7. The van der Waals surface area contributed by atoms with Crippen LogP contribution in [0.5, 0.6) is 0 Å². The standard InChI is InChI=1S/C21H24N4O3/c26-20(24-17-8-9-19(22-14-17)25-10-1-2-11-25)15-5-3-6-16(13-15)23-21(27)18-7-4-12-28-18/h3,5-6,8-9,13-14,18H,1-2,4,7,10-12H2,(H,23,27)(H,24,26)/t18-/m0/s1.